The fourth-order valence-electron chi connectivity index (χ4n) is 4.19. The van der Waals surface area contributed by atoms with Crippen molar-refractivity contribution in [2.45, 2.75) is 36.7 Å². The lowest BCUT2D eigenvalue weighted by Gasteiger charge is -2.44. The first kappa shape index (κ1) is 20.1. The minimum Gasteiger partial charge on any atom is -0.368 e. The zero-order valence-corrected chi connectivity index (χ0v) is 17.6. The molecule has 2 aliphatic heterocycles. The summed E-state index contributed by atoms with van der Waals surface area (Å²) in [5.74, 6) is 0.960. The zero-order valence-electron chi connectivity index (χ0n) is 16.8. The van der Waals surface area contributed by atoms with Crippen LogP contribution in [-0.4, -0.2) is 50.3 Å². The van der Waals surface area contributed by atoms with E-state index < -0.39 is 10.0 Å². The first-order valence-corrected chi connectivity index (χ1v) is 11.6. The van der Waals surface area contributed by atoms with Crippen molar-refractivity contribution in [1.29, 1.82) is 0 Å². The van der Waals surface area contributed by atoms with Gasteiger partial charge in [0.1, 0.15) is 5.84 Å². The van der Waals surface area contributed by atoms with Gasteiger partial charge in [0, 0.05) is 26.2 Å². The number of nitrogens with zero attached hydrogens (tertiary/aromatic N) is 2. The molecule has 2 aromatic rings. The van der Waals surface area contributed by atoms with Crippen LogP contribution in [0.5, 0.6) is 0 Å². The summed E-state index contributed by atoms with van der Waals surface area (Å²) >= 11 is 0. The second kappa shape index (κ2) is 8.26. The van der Waals surface area contributed by atoms with Crippen LogP contribution in [0, 0.1) is 6.92 Å². The number of sulfonamides is 1. The van der Waals surface area contributed by atoms with Crippen molar-refractivity contribution < 1.29 is 8.42 Å². The van der Waals surface area contributed by atoms with Gasteiger partial charge in [0.05, 0.1) is 17.0 Å². The van der Waals surface area contributed by atoms with E-state index in [9.17, 15) is 8.42 Å². The highest BCUT2D eigenvalue weighted by Gasteiger charge is 2.43. The fourth-order valence-corrected chi connectivity index (χ4v) is 5.66. The van der Waals surface area contributed by atoms with E-state index in [1.165, 1.54) is 11.1 Å². The molecule has 1 fully saturated rings. The summed E-state index contributed by atoms with van der Waals surface area (Å²) in [4.78, 5) is 5.12. The number of amidine groups is 1. The molecule has 2 N–H and O–H groups in total. The summed E-state index contributed by atoms with van der Waals surface area (Å²) in [6, 6.07) is 17.1. The van der Waals surface area contributed by atoms with E-state index in [-0.39, 0.29) is 5.54 Å². The Bertz CT molecular complexity index is 981. The summed E-state index contributed by atoms with van der Waals surface area (Å²) in [5.41, 5.74) is 2.18. The van der Waals surface area contributed by atoms with Gasteiger partial charge in [-0.15, -0.1) is 0 Å². The Balaban J connectivity index is 1.45. The minimum atomic E-state index is -3.45. The van der Waals surface area contributed by atoms with E-state index >= 15 is 0 Å². The molecule has 0 bridgehead atoms. The standard InChI is InChI=1S/C22H28N4O2S/c1-18-6-5-7-19(16-18)17-24-21-22(25-13-12-23-21)10-14-26(15-11-22)29(27,28)20-8-3-2-4-9-20/h2-9,16,25H,10-15,17H2,1H3,(H,23,24). The zero-order chi connectivity index (χ0) is 20.3. The molecule has 6 nitrogen and oxygen atoms in total. The van der Waals surface area contributed by atoms with E-state index in [4.69, 9.17) is 4.99 Å². The third kappa shape index (κ3) is 4.22. The van der Waals surface area contributed by atoms with E-state index in [0.29, 0.717) is 30.8 Å². The van der Waals surface area contributed by atoms with Crippen LogP contribution in [0.3, 0.4) is 0 Å². The van der Waals surface area contributed by atoms with Crippen LogP contribution in [-0.2, 0) is 16.6 Å². The number of hydrogen-bond donors (Lipinski definition) is 2. The smallest absolute Gasteiger partial charge is 0.243 e. The topological polar surface area (TPSA) is 73.8 Å². The highest BCUT2D eigenvalue weighted by molar-refractivity contribution is 7.89. The van der Waals surface area contributed by atoms with Gasteiger partial charge in [0.15, 0.2) is 0 Å². The molecule has 29 heavy (non-hydrogen) atoms. The van der Waals surface area contributed by atoms with Crippen LogP contribution in [0.1, 0.15) is 24.0 Å². The Morgan fingerprint density at radius 3 is 2.59 bits per heavy atom. The molecule has 0 aliphatic carbocycles. The SMILES string of the molecule is Cc1cccc(CNC2=NCCNC23CCN(S(=O)(=O)c2ccccc2)CC3)c1. The third-order valence-electron chi connectivity index (χ3n) is 5.80. The number of hydrogen-bond acceptors (Lipinski definition) is 5. The average Bonchev–Trinajstić information content (AvgIpc) is 2.74. The highest BCUT2D eigenvalue weighted by Crippen LogP contribution is 2.29. The molecule has 0 unspecified atom stereocenters. The maximum atomic E-state index is 12.9. The molecule has 4 rings (SSSR count). The molecule has 1 spiro atoms. The van der Waals surface area contributed by atoms with E-state index in [1.807, 2.05) is 6.07 Å². The summed E-state index contributed by atoms with van der Waals surface area (Å²) in [5, 5.41) is 7.16. The molecule has 0 amide bonds. The summed E-state index contributed by atoms with van der Waals surface area (Å²) in [7, 11) is -3.45. The van der Waals surface area contributed by atoms with Crippen molar-refractivity contribution >= 4 is 15.9 Å². The number of nitrogens with one attached hydrogen (secondary N) is 2. The van der Waals surface area contributed by atoms with Crippen LogP contribution in [0.25, 0.3) is 0 Å². The number of rotatable bonds is 4. The molecule has 154 valence electrons. The van der Waals surface area contributed by atoms with Gasteiger partial charge in [-0.05, 0) is 37.5 Å². The number of piperidine rings is 1. The molecule has 0 radical (unpaired) electrons. The monoisotopic (exact) mass is 412 g/mol. The van der Waals surface area contributed by atoms with E-state index in [0.717, 1.165) is 25.5 Å². The molecule has 2 aromatic carbocycles. The van der Waals surface area contributed by atoms with Crippen LogP contribution in [0.2, 0.25) is 0 Å². The Morgan fingerprint density at radius 1 is 1.10 bits per heavy atom. The lowest BCUT2D eigenvalue weighted by molar-refractivity contribution is 0.241. The Morgan fingerprint density at radius 2 is 1.86 bits per heavy atom. The second-order valence-corrected chi connectivity index (χ2v) is 9.74. The Hall–Kier alpha value is -2.22. The predicted molar refractivity (Wildman–Crippen MR) is 115 cm³/mol. The summed E-state index contributed by atoms with van der Waals surface area (Å²) < 4.78 is 27.5. The molecule has 2 heterocycles. The van der Waals surface area contributed by atoms with Gasteiger partial charge in [0.25, 0.3) is 0 Å². The van der Waals surface area contributed by atoms with Gasteiger partial charge in [-0.2, -0.15) is 4.31 Å². The maximum absolute atomic E-state index is 12.9. The molecule has 0 saturated carbocycles. The molecular weight excluding hydrogens is 384 g/mol. The minimum absolute atomic E-state index is 0.273. The molecular formula is C22H28N4O2S. The molecule has 0 atom stereocenters. The fraction of sp³-hybridized carbons (Fsp3) is 0.409. The van der Waals surface area contributed by atoms with Crippen LogP contribution >= 0.6 is 0 Å². The van der Waals surface area contributed by atoms with Gasteiger partial charge >= 0.3 is 0 Å². The Labute approximate surface area is 173 Å². The van der Waals surface area contributed by atoms with Crippen molar-refractivity contribution in [2.75, 3.05) is 26.2 Å². The van der Waals surface area contributed by atoms with Gasteiger partial charge < -0.3 is 10.6 Å². The van der Waals surface area contributed by atoms with Crippen LogP contribution in [0.4, 0.5) is 0 Å². The molecule has 2 aliphatic rings. The van der Waals surface area contributed by atoms with Gasteiger partial charge in [-0.1, -0.05) is 48.0 Å². The first-order valence-electron chi connectivity index (χ1n) is 10.1. The van der Waals surface area contributed by atoms with Crippen LogP contribution < -0.4 is 10.6 Å². The van der Waals surface area contributed by atoms with Crippen molar-refractivity contribution in [2.24, 2.45) is 4.99 Å². The second-order valence-electron chi connectivity index (χ2n) is 7.80. The van der Waals surface area contributed by atoms with Crippen molar-refractivity contribution in [3.8, 4) is 0 Å². The van der Waals surface area contributed by atoms with Gasteiger partial charge in [-0.3, -0.25) is 4.99 Å². The van der Waals surface area contributed by atoms with Crippen molar-refractivity contribution in [3.63, 3.8) is 0 Å². The molecule has 1 saturated heterocycles. The highest BCUT2D eigenvalue weighted by atomic mass is 32.2. The van der Waals surface area contributed by atoms with Gasteiger partial charge in [-0.25, -0.2) is 8.42 Å². The number of aliphatic imine (C=N–C) groups is 1. The van der Waals surface area contributed by atoms with Crippen LogP contribution in [0.15, 0.2) is 64.5 Å². The molecule has 7 heteroatoms. The lowest BCUT2D eigenvalue weighted by Crippen LogP contribution is -2.64. The van der Waals surface area contributed by atoms with Crippen molar-refractivity contribution in [3.05, 3.63) is 65.7 Å². The van der Waals surface area contributed by atoms with Crippen molar-refractivity contribution in [1.82, 2.24) is 14.9 Å². The lowest BCUT2D eigenvalue weighted by atomic mass is 9.85. The summed E-state index contributed by atoms with van der Waals surface area (Å²) in [6.07, 6.45) is 1.41. The predicted octanol–water partition coefficient (Wildman–Crippen LogP) is 2.31. The third-order valence-corrected chi connectivity index (χ3v) is 7.71. The number of benzene rings is 2. The first-order chi connectivity index (χ1) is 14.0. The Kier molecular flexibility index (Phi) is 5.72. The van der Waals surface area contributed by atoms with E-state index in [2.05, 4.69) is 41.8 Å². The largest absolute Gasteiger partial charge is 0.368 e. The van der Waals surface area contributed by atoms with E-state index in [1.54, 1.807) is 28.6 Å². The molecule has 0 aromatic heterocycles. The number of aryl methyl sites for hydroxylation is 1. The normalized spacial score (nSPS) is 19.7. The maximum Gasteiger partial charge on any atom is 0.243 e. The quantitative estimate of drug-likeness (QED) is 0.808. The van der Waals surface area contributed by atoms with Gasteiger partial charge in [0.2, 0.25) is 10.0 Å². The average molecular weight is 413 g/mol. The summed E-state index contributed by atoms with van der Waals surface area (Å²) in [6.45, 7) is 5.33.